The summed E-state index contributed by atoms with van der Waals surface area (Å²) in [5.74, 6) is 0.709. The zero-order chi connectivity index (χ0) is 12.9. The van der Waals surface area contributed by atoms with Gasteiger partial charge in [-0.2, -0.15) is 0 Å². The van der Waals surface area contributed by atoms with Gasteiger partial charge in [0.25, 0.3) is 0 Å². The van der Waals surface area contributed by atoms with Crippen LogP contribution in [0.5, 0.6) is 0 Å². The molecule has 0 unspecified atom stereocenters. The van der Waals surface area contributed by atoms with Gasteiger partial charge in [-0.05, 0) is 46.7 Å². The molecule has 1 rings (SSSR count). The van der Waals surface area contributed by atoms with Crippen molar-refractivity contribution in [2.75, 3.05) is 24.6 Å². The third-order valence-electron chi connectivity index (χ3n) is 2.54. The lowest BCUT2D eigenvalue weighted by Crippen LogP contribution is -2.43. The maximum atomic E-state index is 11.5. The second-order valence-corrected chi connectivity index (χ2v) is 6.54. The number of carbonyl (C=O) groups is 1. The summed E-state index contributed by atoms with van der Waals surface area (Å²) in [6.07, 6.45) is 1.52. The van der Waals surface area contributed by atoms with Gasteiger partial charge >= 0.3 is 5.97 Å². The van der Waals surface area contributed by atoms with Crippen LogP contribution >= 0.6 is 11.8 Å². The number of piperidine rings is 1. The van der Waals surface area contributed by atoms with Crippen molar-refractivity contribution >= 4 is 17.7 Å². The van der Waals surface area contributed by atoms with Crippen molar-refractivity contribution in [1.29, 1.82) is 0 Å². The second-order valence-electron chi connectivity index (χ2n) is 5.55. The molecule has 0 aromatic carbocycles. The Kier molecular flexibility index (Phi) is 5.28. The van der Waals surface area contributed by atoms with E-state index in [1.54, 1.807) is 0 Å². The second kappa shape index (κ2) is 6.07. The first-order valence-electron chi connectivity index (χ1n) is 6.03. The van der Waals surface area contributed by atoms with E-state index in [-0.39, 0.29) is 5.97 Å². The van der Waals surface area contributed by atoms with E-state index in [0.717, 1.165) is 25.9 Å². The Morgan fingerprint density at radius 2 is 2.00 bits per heavy atom. The lowest BCUT2D eigenvalue weighted by molar-refractivity contribution is -0.151. The van der Waals surface area contributed by atoms with E-state index >= 15 is 0 Å². The number of ether oxygens (including phenoxy) is 1. The molecule has 0 bridgehead atoms. The molecule has 0 radical (unpaired) electrons. The highest BCUT2D eigenvalue weighted by molar-refractivity contribution is 8.00. The van der Waals surface area contributed by atoms with Crippen LogP contribution in [0.1, 0.15) is 33.6 Å². The molecular weight excluding hydrogens is 238 g/mol. The Balaban J connectivity index is 2.20. The first kappa shape index (κ1) is 14.8. The quantitative estimate of drug-likeness (QED) is 0.744. The number of carbonyl (C=O) groups excluding carboxylic acids is 1. The van der Waals surface area contributed by atoms with Gasteiger partial charge in [0.15, 0.2) is 0 Å². The Morgan fingerprint density at radius 1 is 1.41 bits per heavy atom. The van der Waals surface area contributed by atoms with Crippen LogP contribution < -0.4 is 5.32 Å². The molecular formula is C12H23NO3S. The van der Waals surface area contributed by atoms with Gasteiger partial charge in [0, 0.05) is 5.75 Å². The van der Waals surface area contributed by atoms with Crippen molar-refractivity contribution < 1.29 is 14.6 Å². The zero-order valence-electron chi connectivity index (χ0n) is 10.9. The summed E-state index contributed by atoms with van der Waals surface area (Å²) in [6, 6.07) is 0. The highest BCUT2D eigenvalue weighted by Gasteiger charge is 2.29. The first-order chi connectivity index (χ1) is 7.81. The summed E-state index contributed by atoms with van der Waals surface area (Å²) < 4.78 is 5.21. The number of hydrogen-bond donors (Lipinski definition) is 2. The van der Waals surface area contributed by atoms with E-state index in [2.05, 4.69) is 5.32 Å². The van der Waals surface area contributed by atoms with Crippen molar-refractivity contribution in [3.63, 3.8) is 0 Å². The summed E-state index contributed by atoms with van der Waals surface area (Å²) in [6.45, 7) is 7.27. The molecule has 1 heterocycles. The number of aliphatic hydroxyl groups is 1. The normalized spacial score (nSPS) is 20.0. The van der Waals surface area contributed by atoms with E-state index < -0.39 is 11.2 Å². The van der Waals surface area contributed by atoms with E-state index in [1.807, 2.05) is 20.8 Å². The van der Waals surface area contributed by atoms with Gasteiger partial charge < -0.3 is 15.2 Å². The molecule has 0 aromatic heterocycles. The maximum absolute atomic E-state index is 11.5. The Hall–Kier alpha value is -0.260. The van der Waals surface area contributed by atoms with Gasteiger partial charge in [0.1, 0.15) is 5.60 Å². The minimum atomic E-state index is -0.613. The zero-order valence-corrected chi connectivity index (χ0v) is 11.7. The molecule has 17 heavy (non-hydrogen) atoms. The number of thioether (sulfide) groups is 1. The smallest absolute Gasteiger partial charge is 0.316 e. The fraction of sp³-hybridized carbons (Fsp3) is 0.917. The standard InChI is InChI=1S/C12H23NO3S/c1-11(2,3)16-10(14)8-17-9-12(15)4-6-13-7-5-12/h13,15H,4-9H2,1-3H3. The Labute approximate surface area is 107 Å². The van der Waals surface area contributed by atoms with Crippen LogP contribution in [0.3, 0.4) is 0 Å². The summed E-state index contributed by atoms with van der Waals surface area (Å²) in [4.78, 5) is 11.5. The topological polar surface area (TPSA) is 58.6 Å². The number of nitrogens with one attached hydrogen (secondary N) is 1. The van der Waals surface area contributed by atoms with E-state index in [1.165, 1.54) is 11.8 Å². The average Bonchev–Trinajstić information content (AvgIpc) is 2.15. The summed E-state index contributed by atoms with van der Waals surface area (Å²) in [5.41, 5.74) is -1.04. The number of esters is 1. The van der Waals surface area contributed by atoms with Crippen molar-refractivity contribution in [2.24, 2.45) is 0 Å². The fourth-order valence-electron chi connectivity index (χ4n) is 1.73. The van der Waals surface area contributed by atoms with E-state index in [0.29, 0.717) is 11.5 Å². The molecule has 5 heteroatoms. The summed E-state index contributed by atoms with van der Waals surface area (Å²) in [7, 11) is 0. The molecule has 1 fully saturated rings. The molecule has 100 valence electrons. The van der Waals surface area contributed by atoms with Crippen molar-refractivity contribution in [3.8, 4) is 0 Å². The molecule has 2 N–H and O–H groups in total. The molecule has 4 nitrogen and oxygen atoms in total. The minimum Gasteiger partial charge on any atom is -0.459 e. The third kappa shape index (κ3) is 6.29. The van der Waals surface area contributed by atoms with Gasteiger partial charge in [0.2, 0.25) is 0 Å². The van der Waals surface area contributed by atoms with Gasteiger partial charge in [-0.15, -0.1) is 11.8 Å². The minimum absolute atomic E-state index is 0.208. The molecule has 1 saturated heterocycles. The number of rotatable bonds is 4. The Bertz CT molecular complexity index is 257. The predicted octanol–water partition coefficient (Wildman–Crippen LogP) is 1.18. The van der Waals surface area contributed by atoms with Crippen LogP contribution in [0.4, 0.5) is 0 Å². The monoisotopic (exact) mass is 261 g/mol. The third-order valence-corrected chi connectivity index (χ3v) is 3.73. The molecule has 0 aromatic rings. The highest BCUT2D eigenvalue weighted by Crippen LogP contribution is 2.23. The van der Waals surface area contributed by atoms with Crippen LogP contribution in [0.15, 0.2) is 0 Å². The van der Waals surface area contributed by atoms with Gasteiger partial charge in [-0.25, -0.2) is 0 Å². The SMILES string of the molecule is CC(C)(C)OC(=O)CSCC1(O)CCNCC1. The Morgan fingerprint density at radius 3 is 2.53 bits per heavy atom. The maximum Gasteiger partial charge on any atom is 0.316 e. The van der Waals surface area contributed by atoms with Gasteiger partial charge in [0.05, 0.1) is 11.4 Å². The van der Waals surface area contributed by atoms with Crippen LogP contribution in [0.2, 0.25) is 0 Å². The van der Waals surface area contributed by atoms with E-state index in [4.69, 9.17) is 4.74 Å². The number of hydrogen-bond acceptors (Lipinski definition) is 5. The molecule has 0 aliphatic carbocycles. The summed E-state index contributed by atoms with van der Waals surface area (Å²) in [5, 5.41) is 13.4. The van der Waals surface area contributed by atoms with Gasteiger partial charge in [-0.1, -0.05) is 0 Å². The molecule has 1 aliphatic heterocycles. The average molecular weight is 261 g/mol. The largest absolute Gasteiger partial charge is 0.459 e. The van der Waals surface area contributed by atoms with Gasteiger partial charge in [-0.3, -0.25) is 4.79 Å². The molecule has 0 spiro atoms. The van der Waals surface area contributed by atoms with E-state index in [9.17, 15) is 9.90 Å². The highest BCUT2D eigenvalue weighted by atomic mass is 32.2. The predicted molar refractivity (Wildman–Crippen MR) is 70.2 cm³/mol. The van der Waals surface area contributed by atoms with Crippen molar-refractivity contribution in [3.05, 3.63) is 0 Å². The van der Waals surface area contributed by atoms with Crippen LogP contribution in [-0.2, 0) is 9.53 Å². The molecule has 0 saturated carbocycles. The van der Waals surface area contributed by atoms with Crippen LogP contribution in [0.25, 0.3) is 0 Å². The molecule has 0 amide bonds. The molecule has 1 aliphatic rings. The lowest BCUT2D eigenvalue weighted by Gasteiger charge is -2.32. The van der Waals surface area contributed by atoms with Crippen molar-refractivity contribution in [2.45, 2.75) is 44.8 Å². The fourth-order valence-corrected chi connectivity index (χ4v) is 2.73. The van der Waals surface area contributed by atoms with Crippen molar-refractivity contribution in [1.82, 2.24) is 5.32 Å². The first-order valence-corrected chi connectivity index (χ1v) is 7.19. The lowest BCUT2D eigenvalue weighted by atomic mass is 9.95. The van der Waals surface area contributed by atoms with Crippen LogP contribution in [0, 0.1) is 0 Å². The molecule has 0 atom stereocenters. The van der Waals surface area contributed by atoms with Crippen LogP contribution in [-0.4, -0.2) is 46.9 Å². The summed E-state index contributed by atoms with van der Waals surface area (Å²) >= 11 is 1.46.